The zero-order chi connectivity index (χ0) is 24.7. The molecule has 0 N–H and O–H groups in total. The number of sulfone groups is 1. The first kappa shape index (κ1) is 23.3. The first-order valence-corrected chi connectivity index (χ1v) is 13.5. The van der Waals surface area contributed by atoms with Crippen LogP contribution in [0.3, 0.4) is 0 Å². The molecule has 3 aromatic heterocycles. The normalized spacial score (nSPS) is 15.3. The Balaban J connectivity index is 1.32. The van der Waals surface area contributed by atoms with Crippen molar-refractivity contribution in [3.8, 4) is 11.3 Å². The number of hydrogen-bond donors (Lipinski definition) is 0. The number of pyridine rings is 1. The number of fused-ring (bicyclic) bond motifs is 1. The number of aromatic nitrogens is 5. The Kier molecular flexibility index (Phi) is 6.00. The van der Waals surface area contributed by atoms with Crippen LogP contribution in [-0.4, -0.2) is 52.5 Å². The van der Waals surface area contributed by atoms with Gasteiger partial charge in [0.1, 0.15) is 10.7 Å². The van der Waals surface area contributed by atoms with E-state index in [4.69, 9.17) is 0 Å². The van der Waals surface area contributed by atoms with E-state index in [1.165, 1.54) is 12.1 Å². The minimum atomic E-state index is -3.62. The van der Waals surface area contributed by atoms with E-state index in [0.717, 1.165) is 54.6 Å². The smallest absolute Gasteiger partial charge is 0.225 e. The maximum atomic E-state index is 14.4. The first-order chi connectivity index (χ1) is 16.7. The van der Waals surface area contributed by atoms with Crippen molar-refractivity contribution in [1.82, 2.24) is 24.7 Å². The number of benzene rings is 1. The predicted molar refractivity (Wildman–Crippen MR) is 133 cm³/mol. The van der Waals surface area contributed by atoms with Crippen LogP contribution < -0.4 is 4.90 Å². The molecule has 8 nitrogen and oxygen atoms in total. The zero-order valence-corrected chi connectivity index (χ0v) is 20.7. The van der Waals surface area contributed by atoms with Crippen LogP contribution in [0, 0.1) is 5.82 Å². The van der Waals surface area contributed by atoms with Crippen LogP contribution in [0.5, 0.6) is 0 Å². The Morgan fingerprint density at radius 1 is 1.00 bits per heavy atom. The number of piperidine rings is 1. The molecular formula is C25H27FN6O2S. The lowest BCUT2D eigenvalue weighted by molar-refractivity contribution is 0.373. The Morgan fingerprint density at radius 3 is 2.34 bits per heavy atom. The molecule has 0 unspecified atom stereocenters. The highest BCUT2D eigenvalue weighted by molar-refractivity contribution is 7.90. The molecule has 0 aliphatic carbocycles. The number of halogens is 1. The van der Waals surface area contributed by atoms with Gasteiger partial charge in [-0.3, -0.25) is 9.67 Å². The Morgan fingerprint density at radius 2 is 1.71 bits per heavy atom. The van der Waals surface area contributed by atoms with Crippen LogP contribution in [0.4, 0.5) is 10.3 Å². The summed E-state index contributed by atoms with van der Waals surface area (Å²) in [6, 6.07) is 6.15. The lowest BCUT2D eigenvalue weighted by Crippen LogP contribution is -2.36. The summed E-state index contributed by atoms with van der Waals surface area (Å²) in [4.78, 5) is 15.5. The Labute approximate surface area is 203 Å². The standard InChI is InChI=1S/C25H27FN6O2S/c1-16(2)19-12-28-25(29-13-19)31-8-6-20(7-9-31)32-23-15-27-22(11-18(23)14-30-32)17-4-5-24(21(26)10-17)35(3,33)34/h4-5,10-16,20H,6-9H2,1-3H3. The Hall–Kier alpha value is -3.40. The number of hydrogen-bond acceptors (Lipinski definition) is 7. The van der Waals surface area contributed by atoms with Crippen LogP contribution in [0.25, 0.3) is 22.2 Å². The average molecular weight is 495 g/mol. The first-order valence-electron chi connectivity index (χ1n) is 11.6. The molecule has 0 saturated carbocycles. The second-order valence-corrected chi connectivity index (χ2v) is 11.3. The van der Waals surface area contributed by atoms with E-state index in [2.05, 4.69) is 38.8 Å². The molecule has 0 bridgehead atoms. The second kappa shape index (κ2) is 8.99. The fourth-order valence-corrected chi connectivity index (χ4v) is 5.19. The summed E-state index contributed by atoms with van der Waals surface area (Å²) in [5.41, 5.74) is 3.12. The van der Waals surface area contributed by atoms with Gasteiger partial charge in [0.15, 0.2) is 9.84 Å². The molecule has 5 rings (SSSR count). The van der Waals surface area contributed by atoms with Crippen LogP contribution in [-0.2, 0) is 9.84 Å². The molecule has 0 amide bonds. The van der Waals surface area contributed by atoms with E-state index in [1.807, 2.05) is 23.1 Å². The number of anilines is 1. The molecule has 1 aliphatic heterocycles. The molecule has 4 aromatic rings. The van der Waals surface area contributed by atoms with Crippen LogP contribution in [0.1, 0.15) is 44.2 Å². The third-order valence-corrected chi connectivity index (χ3v) is 7.66. The quantitative estimate of drug-likeness (QED) is 0.406. The highest BCUT2D eigenvalue weighted by atomic mass is 32.2. The van der Waals surface area contributed by atoms with Gasteiger partial charge in [-0.05, 0) is 42.5 Å². The molecule has 0 atom stereocenters. The van der Waals surface area contributed by atoms with E-state index in [-0.39, 0.29) is 10.9 Å². The van der Waals surface area contributed by atoms with Crippen molar-refractivity contribution < 1.29 is 12.8 Å². The molecule has 1 aromatic carbocycles. The van der Waals surface area contributed by atoms with Gasteiger partial charge in [0.25, 0.3) is 0 Å². The monoisotopic (exact) mass is 494 g/mol. The third kappa shape index (κ3) is 4.62. The zero-order valence-electron chi connectivity index (χ0n) is 19.9. The van der Waals surface area contributed by atoms with Crippen molar-refractivity contribution in [1.29, 1.82) is 0 Å². The van der Waals surface area contributed by atoms with Gasteiger partial charge in [-0.25, -0.2) is 22.8 Å². The minimum Gasteiger partial charge on any atom is -0.341 e. The van der Waals surface area contributed by atoms with E-state index >= 15 is 0 Å². The van der Waals surface area contributed by atoms with E-state index < -0.39 is 15.7 Å². The van der Waals surface area contributed by atoms with Gasteiger partial charge in [0, 0.05) is 42.7 Å². The van der Waals surface area contributed by atoms with Gasteiger partial charge < -0.3 is 4.90 Å². The topological polar surface area (TPSA) is 93.9 Å². The van der Waals surface area contributed by atoms with E-state index in [9.17, 15) is 12.8 Å². The van der Waals surface area contributed by atoms with Gasteiger partial charge >= 0.3 is 0 Å². The Bertz CT molecular complexity index is 1480. The summed E-state index contributed by atoms with van der Waals surface area (Å²) in [7, 11) is -3.62. The van der Waals surface area contributed by atoms with Gasteiger partial charge in [-0.1, -0.05) is 19.9 Å². The van der Waals surface area contributed by atoms with Crippen molar-refractivity contribution in [2.45, 2.75) is 43.5 Å². The highest BCUT2D eigenvalue weighted by Gasteiger charge is 2.24. The molecule has 1 fully saturated rings. The highest BCUT2D eigenvalue weighted by Crippen LogP contribution is 2.30. The summed E-state index contributed by atoms with van der Waals surface area (Å²) in [6.45, 7) is 5.93. The number of nitrogens with zero attached hydrogens (tertiary/aromatic N) is 6. The molecule has 0 spiro atoms. The minimum absolute atomic E-state index is 0.234. The summed E-state index contributed by atoms with van der Waals surface area (Å²) >= 11 is 0. The molecule has 1 saturated heterocycles. The maximum Gasteiger partial charge on any atom is 0.225 e. The fraction of sp³-hybridized carbons (Fsp3) is 0.360. The van der Waals surface area contributed by atoms with Crippen LogP contribution >= 0.6 is 0 Å². The van der Waals surface area contributed by atoms with Crippen molar-refractivity contribution in [2.75, 3.05) is 24.2 Å². The number of rotatable bonds is 5. The molecule has 1 aliphatic rings. The lowest BCUT2D eigenvalue weighted by atomic mass is 10.0. The predicted octanol–water partition coefficient (Wildman–Crippen LogP) is 4.40. The largest absolute Gasteiger partial charge is 0.341 e. The SMILES string of the molecule is CC(C)c1cnc(N2CCC(n3ncc4cc(-c5ccc(S(C)(=O)=O)c(F)c5)ncc43)CC2)nc1. The van der Waals surface area contributed by atoms with Crippen molar-refractivity contribution in [2.24, 2.45) is 0 Å². The summed E-state index contributed by atoms with van der Waals surface area (Å²) < 4.78 is 39.8. The molecule has 10 heteroatoms. The van der Waals surface area contributed by atoms with Gasteiger partial charge in [0.2, 0.25) is 5.95 Å². The van der Waals surface area contributed by atoms with E-state index in [1.54, 1.807) is 18.5 Å². The van der Waals surface area contributed by atoms with Crippen molar-refractivity contribution in [3.63, 3.8) is 0 Å². The van der Waals surface area contributed by atoms with Crippen molar-refractivity contribution >= 4 is 26.7 Å². The molecular weight excluding hydrogens is 467 g/mol. The third-order valence-electron chi connectivity index (χ3n) is 6.53. The van der Waals surface area contributed by atoms with Gasteiger partial charge in [-0.2, -0.15) is 5.10 Å². The fourth-order valence-electron chi connectivity index (χ4n) is 4.46. The van der Waals surface area contributed by atoms with Gasteiger partial charge in [0.05, 0.1) is 29.6 Å². The van der Waals surface area contributed by atoms with Gasteiger partial charge in [-0.15, -0.1) is 0 Å². The van der Waals surface area contributed by atoms with Crippen LogP contribution in [0.15, 0.2) is 53.9 Å². The average Bonchev–Trinajstić information content (AvgIpc) is 3.26. The summed E-state index contributed by atoms with van der Waals surface area (Å²) in [6.07, 6.45) is 10.2. The molecule has 4 heterocycles. The maximum absolute atomic E-state index is 14.4. The molecule has 35 heavy (non-hydrogen) atoms. The van der Waals surface area contributed by atoms with Crippen molar-refractivity contribution in [3.05, 3.63) is 60.4 Å². The second-order valence-electron chi connectivity index (χ2n) is 9.32. The van der Waals surface area contributed by atoms with E-state index in [0.29, 0.717) is 17.2 Å². The lowest BCUT2D eigenvalue weighted by Gasteiger charge is -2.32. The van der Waals surface area contributed by atoms with Crippen LogP contribution in [0.2, 0.25) is 0 Å². The summed E-state index contributed by atoms with van der Waals surface area (Å²) in [5.74, 6) is 0.388. The molecule has 0 radical (unpaired) electrons. The molecule has 182 valence electrons. The summed E-state index contributed by atoms with van der Waals surface area (Å²) in [5, 5.41) is 5.52.